The molecule has 0 fully saturated rings. The lowest BCUT2D eigenvalue weighted by molar-refractivity contribution is 0.0984. The predicted octanol–water partition coefficient (Wildman–Crippen LogP) is 1.64. The number of Topliss-reactive ketones (excluding diaryl/α,β-unsaturated/α-hetero) is 1. The van der Waals surface area contributed by atoms with Gasteiger partial charge in [0.2, 0.25) is 0 Å². The Kier molecular flexibility index (Phi) is 3.84. The average molecular weight is 275 g/mol. The molecule has 6 heteroatoms. The quantitative estimate of drug-likeness (QED) is 0.617. The number of fused-ring (bicyclic) bond motifs is 1. The Bertz CT molecular complexity index is 631. The summed E-state index contributed by atoms with van der Waals surface area (Å²) in [5.74, 6) is -0.0576. The molecule has 1 aromatic rings. The highest BCUT2D eigenvalue weighted by atomic mass is 16.6. The summed E-state index contributed by atoms with van der Waals surface area (Å²) in [5.41, 5.74) is 0.513. The van der Waals surface area contributed by atoms with Crippen molar-refractivity contribution in [2.24, 2.45) is 5.16 Å². The van der Waals surface area contributed by atoms with Gasteiger partial charge in [-0.25, -0.2) is 0 Å². The van der Waals surface area contributed by atoms with E-state index in [9.17, 15) is 9.59 Å². The average Bonchev–Trinajstić information content (AvgIpc) is 2.47. The first-order chi connectivity index (χ1) is 9.63. The van der Waals surface area contributed by atoms with E-state index < -0.39 is 0 Å². The van der Waals surface area contributed by atoms with Gasteiger partial charge in [-0.1, -0.05) is 5.16 Å². The molecule has 104 valence electrons. The van der Waals surface area contributed by atoms with E-state index in [0.717, 1.165) is 0 Å². The number of benzene rings is 1. The fourth-order valence-electron chi connectivity index (χ4n) is 2.00. The van der Waals surface area contributed by atoms with E-state index in [1.807, 2.05) is 0 Å². The minimum Gasteiger partial charge on any atom is -0.496 e. The van der Waals surface area contributed by atoms with Gasteiger partial charge in [0.1, 0.15) is 18.6 Å². The Morgan fingerprint density at radius 3 is 2.15 bits per heavy atom. The number of carbonyl (C=O) groups is 2. The number of oxime groups is 1. The highest BCUT2D eigenvalue weighted by Crippen LogP contribution is 2.35. The van der Waals surface area contributed by atoms with Gasteiger partial charge in [0.05, 0.1) is 31.6 Å². The molecule has 1 aliphatic rings. The van der Waals surface area contributed by atoms with Gasteiger partial charge >= 0.3 is 0 Å². The summed E-state index contributed by atoms with van der Waals surface area (Å²) >= 11 is 0. The van der Waals surface area contributed by atoms with E-state index in [-0.39, 0.29) is 28.3 Å². The van der Waals surface area contributed by atoms with E-state index >= 15 is 0 Å². The zero-order valence-corrected chi connectivity index (χ0v) is 11.3. The molecular weight excluding hydrogens is 262 g/mol. The zero-order chi connectivity index (χ0) is 14.7. The van der Waals surface area contributed by atoms with Crippen LogP contribution in [-0.2, 0) is 4.84 Å². The summed E-state index contributed by atoms with van der Waals surface area (Å²) < 4.78 is 10.3. The van der Waals surface area contributed by atoms with Gasteiger partial charge in [0.15, 0.2) is 11.6 Å². The van der Waals surface area contributed by atoms with Gasteiger partial charge in [-0.2, -0.15) is 0 Å². The molecule has 1 aromatic carbocycles. The second kappa shape index (κ2) is 5.56. The van der Waals surface area contributed by atoms with Crippen LogP contribution in [0.2, 0.25) is 0 Å². The first kappa shape index (κ1) is 13.8. The topological polar surface area (TPSA) is 74.2 Å². The summed E-state index contributed by atoms with van der Waals surface area (Å²) in [7, 11) is 4.22. The van der Waals surface area contributed by atoms with Crippen LogP contribution in [0.1, 0.15) is 20.7 Å². The monoisotopic (exact) mass is 275 g/mol. The summed E-state index contributed by atoms with van der Waals surface area (Å²) in [6.07, 6.45) is 2.40. The molecule has 0 radical (unpaired) electrons. The molecule has 6 nitrogen and oxygen atoms in total. The van der Waals surface area contributed by atoms with Gasteiger partial charge in [0, 0.05) is 5.57 Å². The third-order valence-electron chi connectivity index (χ3n) is 2.89. The van der Waals surface area contributed by atoms with Gasteiger partial charge in [0.25, 0.3) is 0 Å². The van der Waals surface area contributed by atoms with E-state index in [0.29, 0.717) is 11.5 Å². The first-order valence-electron chi connectivity index (χ1n) is 5.76. The van der Waals surface area contributed by atoms with Crippen LogP contribution in [0, 0.1) is 0 Å². The second-order valence-electron chi connectivity index (χ2n) is 3.93. The van der Waals surface area contributed by atoms with Crippen LogP contribution in [0.3, 0.4) is 0 Å². The number of allylic oxidation sites excluding steroid dienone is 2. The number of ketones is 2. The number of ether oxygens (including phenoxy) is 2. The molecule has 0 atom stereocenters. The van der Waals surface area contributed by atoms with Crippen molar-refractivity contribution in [1.29, 1.82) is 0 Å². The molecule has 2 rings (SSSR count). The maximum Gasteiger partial charge on any atom is 0.199 e. The van der Waals surface area contributed by atoms with Crippen molar-refractivity contribution in [3.63, 3.8) is 0 Å². The highest BCUT2D eigenvalue weighted by Gasteiger charge is 2.31. The Morgan fingerprint density at radius 1 is 1.00 bits per heavy atom. The molecule has 0 saturated heterocycles. The van der Waals surface area contributed by atoms with E-state index in [2.05, 4.69) is 9.99 Å². The summed E-state index contributed by atoms with van der Waals surface area (Å²) in [6, 6.07) is 3.17. The van der Waals surface area contributed by atoms with Crippen molar-refractivity contribution >= 4 is 17.8 Å². The number of hydrogen-bond acceptors (Lipinski definition) is 6. The minimum absolute atomic E-state index is 0.135. The lowest BCUT2D eigenvalue weighted by atomic mass is 9.88. The summed E-state index contributed by atoms with van der Waals surface area (Å²) in [4.78, 5) is 29.1. The lowest BCUT2D eigenvalue weighted by Crippen LogP contribution is -2.19. The highest BCUT2D eigenvalue weighted by molar-refractivity contribution is 6.33. The van der Waals surface area contributed by atoms with Crippen LogP contribution in [0.4, 0.5) is 0 Å². The van der Waals surface area contributed by atoms with Gasteiger partial charge in [-0.15, -0.1) is 0 Å². The molecule has 0 bridgehead atoms. The molecule has 0 spiro atoms. The molecule has 0 N–H and O–H groups in total. The number of carbonyl (C=O) groups excluding carboxylic acids is 2. The summed E-state index contributed by atoms with van der Waals surface area (Å²) in [6.45, 7) is 0. The van der Waals surface area contributed by atoms with Crippen molar-refractivity contribution in [3.05, 3.63) is 34.9 Å². The van der Waals surface area contributed by atoms with Crippen LogP contribution in [0.25, 0.3) is 0 Å². The summed E-state index contributed by atoms with van der Waals surface area (Å²) in [5, 5.41) is 3.51. The normalized spacial score (nSPS) is 14.1. The minimum atomic E-state index is -0.365. The maximum atomic E-state index is 12.4. The van der Waals surface area contributed by atoms with Crippen LogP contribution >= 0.6 is 0 Å². The first-order valence-corrected chi connectivity index (χ1v) is 5.76. The largest absolute Gasteiger partial charge is 0.496 e. The van der Waals surface area contributed by atoms with E-state index in [1.54, 1.807) is 12.1 Å². The fourth-order valence-corrected chi connectivity index (χ4v) is 2.00. The zero-order valence-electron chi connectivity index (χ0n) is 11.3. The Labute approximate surface area is 115 Å². The molecule has 0 saturated carbocycles. The Balaban J connectivity index is 2.65. The Morgan fingerprint density at radius 2 is 1.60 bits per heavy atom. The van der Waals surface area contributed by atoms with Crippen molar-refractivity contribution in [1.82, 2.24) is 0 Å². The number of nitrogens with zero attached hydrogens (tertiary/aromatic N) is 1. The van der Waals surface area contributed by atoms with Crippen molar-refractivity contribution < 1.29 is 23.9 Å². The molecule has 20 heavy (non-hydrogen) atoms. The molecule has 0 aliphatic heterocycles. The maximum absolute atomic E-state index is 12.4. The van der Waals surface area contributed by atoms with Crippen LogP contribution in [0.5, 0.6) is 11.5 Å². The third-order valence-corrected chi connectivity index (χ3v) is 2.89. The molecule has 1 aliphatic carbocycles. The molecule has 0 heterocycles. The molecule has 0 amide bonds. The van der Waals surface area contributed by atoms with Crippen molar-refractivity contribution in [2.75, 3.05) is 21.3 Å². The van der Waals surface area contributed by atoms with Crippen LogP contribution in [0.15, 0.2) is 28.9 Å². The van der Waals surface area contributed by atoms with Gasteiger partial charge < -0.3 is 14.3 Å². The number of hydrogen-bond donors (Lipinski definition) is 0. The van der Waals surface area contributed by atoms with Gasteiger partial charge in [-0.05, 0) is 18.2 Å². The molecule has 0 aromatic heterocycles. The van der Waals surface area contributed by atoms with Crippen LogP contribution in [-0.4, -0.2) is 39.1 Å². The molecular formula is C14H13NO5. The van der Waals surface area contributed by atoms with Crippen molar-refractivity contribution in [3.8, 4) is 11.5 Å². The third kappa shape index (κ3) is 2.16. The Hall–Kier alpha value is -2.63. The van der Waals surface area contributed by atoms with Crippen LogP contribution < -0.4 is 9.47 Å². The fraction of sp³-hybridized carbons (Fsp3) is 0.214. The number of rotatable bonds is 4. The van der Waals surface area contributed by atoms with E-state index in [4.69, 9.17) is 9.47 Å². The van der Waals surface area contributed by atoms with Gasteiger partial charge in [-0.3, -0.25) is 9.59 Å². The van der Waals surface area contributed by atoms with E-state index in [1.165, 1.54) is 33.6 Å². The standard InChI is InChI=1S/C14H13NO5/c1-18-10-4-5-11(19-2)13-12(10)9(16)6-8(14(13)17)7-15-20-3/h4-7H,1-3H3. The second-order valence-corrected chi connectivity index (χ2v) is 3.93. The lowest BCUT2D eigenvalue weighted by Gasteiger charge is -2.18. The number of methoxy groups -OCH3 is 2. The van der Waals surface area contributed by atoms with Crippen molar-refractivity contribution in [2.45, 2.75) is 0 Å². The molecule has 0 unspecified atom stereocenters. The smallest absolute Gasteiger partial charge is 0.199 e. The predicted molar refractivity (Wildman–Crippen MR) is 71.8 cm³/mol. The SMILES string of the molecule is CON=CC1=CC(=O)c2c(OC)ccc(OC)c2C1=O.